The smallest absolute Gasteiger partial charge is 0.156 e. The fourth-order valence-electron chi connectivity index (χ4n) is 4.22. The van der Waals surface area contributed by atoms with Gasteiger partial charge in [0.25, 0.3) is 0 Å². The van der Waals surface area contributed by atoms with Crippen LogP contribution < -0.4 is 5.32 Å². The summed E-state index contributed by atoms with van der Waals surface area (Å²) in [6.45, 7) is 7.45. The molecule has 4 rings (SSSR count). The zero-order chi connectivity index (χ0) is 18.8. The molecule has 0 aromatic heterocycles. The number of carbonyl (C=O) groups is 1. The van der Waals surface area contributed by atoms with E-state index >= 15 is 0 Å². The number of para-hydroxylation sites is 1. The molecule has 2 heterocycles. The van der Waals surface area contributed by atoms with Crippen molar-refractivity contribution in [1.82, 2.24) is 9.80 Å². The van der Waals surface area contributed by atoms with Crippen molar-refractivity contribution in [3.8, 4) is 0 Å². The standard InChI is InChI=1S/C22H26ClN3O/c1-16-22(19-4-2-3-5-20(19)24-16)21(27)15-26-12-10-25(11-13-26)14-17-6-8-18(23)9-7-17/h2-9,16,22,24H,10-15H2,1H3. The fourth-order valence-corrected chi connectivity index (χ4v) is 4.35. The SMILES string of the molecule is CC1Nc2ccccc2C1C(=O)CN1CCN(Cc2ccc(Cl)cc2)CC1. The Bertz CT molecular complexity index is 799. The molecule has 4 nitrogen and oxygen atoms in total. The van der Waals surface area contributed by atoms with E-state index in [1.54, 1.807) is 0 Å². The van der Waals surface area contributed by atoms with Gasteiger partial charge in [-0.2, -0.15) is 0 Å². The second-order valence-corrected chi connectivity index (χ2v) is 8.08. The number of fused-ring (bicyclic) bond motifs is 1. The highest BCUT2D eigenvalue weighted by atomic mass is 35.5. The highest BCUT2D eigenvalue weighted by molar-refractivity contribution is 6.30. The Hall–Kier alpha value is -1.88. The number of carbonyl (C=O) groups excluding carboxylic acids is 1. The third-order valence-corrected chi connectivity index (χ3v) is 5.94. The van der Waals surface area contributed by atoms with Crippen LogP contribution in [-0.2, 0) is 11.3 Å². The summed E-state index contributed by atoms with van der Waals surface area (Å²) in [5, 5.41) is 4.22. The molecule has 2 aromatic rings. The van der Waals surface area contributed by atoms with Crippen molar-refractivity contribution in [3.63, 3.8) is 0 Å². The summed E-state index contributed by atoms with van der Waals surface area (Å²) in [6, 6.07) is 16.4. The quantitative estimate of drug-likeness (QED) is 0.855. The first-order chi connectivity index (χ1) is 13.1. The van der Waals surface area contributed by atoms with Gasteiger partial charge < -0.3 is 5.32 Å². The summed E-state index contributed by atoms with van der Waals surface area (Å²) in [6.07, 6.45) is 0. The molecule has 0 saturated carbocycles. The molecule has 0 radical (unpaired) electrons. The van der Waals surface area contributed by atoms with Crippen LogP contribution in [0.25, 0.3) is 0 Å². The van der Waals surface area contributed by atoms with Crippen LogP contribution in [0.2, 0.25) is 5.02 Å². The molecule has 0 bridgehead atoms. The summed E-state index contributed by atoms with van der Waals surface area (Å²) in [4.78, 5) is 17.7. The van der Waals surface area contributed by atoms with Gasteiger partial charge in [-0.25, -0.2) is 0 Å². The molecule has 2 aromatic carbocycles. The van der Waals surface area contributed by atoms with Crippen molar-refractivity contribution in [2.24, 2.45) is 0 Å². The number of nitrogens with zero attached hydrogens (tertiary/aromatic N) is 2. The number of benzene rings is 2. The lowest BCUT2D eigenvalue weighted by molar-refractivity contribution is -0.122. The molecule has 0 aliphatic carbocycles. The van der Waals surface area contributed by atoms with Gasteiger partial charge in [-0.3, -0.25) is 14.6 Å². The van der Waals surface area contributed by atoms with Crippen molar-refractivity contribution in [3.05, 3.63) is 64.7 Å². The first kappa shape index (κ1) is 18.5. The van der Waals surface area contributed by atoms with Crippen LogP contribution in [0, 0.1) is 0 Å². The zero-order valence-corrected chi connectivity index (χ0v) is 16.5. The van der Waals surface area contributed by atoms with Crippen LogP contribution in [0.15, 0.2) is 48.5 Å². The molecule has 1 fully saturated rings. The molecule has 27 heavy (non-hydrogen) atoms. The fraction of sp³-hybridized carbons (Fsp3) is 0.409. The van der Waals surface area contributed by atoms with Gasteiger partial charge in [0.15, 0.2) is 5.78 Å². The highest BCUT2D eigenvalue weighted by Gasteiger charge is 2.35. The third kappa shape index (κ3) is 4.18. The third-order valence-electron chi connectivity index (χ3n) is 5.69. The monoisotopic (exact) mass is 383 g/mol. The van der Waals surface area contributed by atoms with E-state index < -0.39 is 0 Å². The molecule has 2 aliphatic rings. The van der Waals surface area contributed by atoms with Crippen LogP contribution in [0.1, 0.15) is 24.0 Å². The molecule has 0 spiro atoms. The van der Waals surface area contributed by atoms with Crippen LogP contribution in [-0.4, -0.2) is 54.3 Å². The molecule has 5 heteroatoms. The minimum atomic E-state index is -0.0340. The van der Waals surface area contributed by atoms with Crippen molar-refractivity contribution >= 4 is 23.1 Å². The van der Waals surface area contributed by atoms with Crippen LogP contribution in [0.3, 0.4) is 0 Å². The first-order valence-electron chi connectivity index (χ1n) is 9.67. The molecular weight excluding hydrogens is 358 g/mol. The normalized spacial score (nSPS) is 23.0. The van der Waals surface area contributed by atoms with Crippen LogP contribution in [0.4, 0.5) is 5.69 Å². The van der Waals surface area contributed by atoms with Gasteiger partial charge in [0, 0.05) is 49.5 Å². The number of halogens is 1. The molecule has 1 saturated heterocycles. The van der Waals surface area contributed by atoms with Gasteiger partial charge in [0.2, 0.25) is 0 Å². The number of anilines is 1. The van der Waals surface area contributed by atoms with E-state index in [1.807, 2.05) is 24.3 Å². The van der Waals surface area contributed by atoms with E-state index in [2.05, 4.69) is 46.3 Å². The van der Waals surface area contributed by atoms with Crippen molar-refractivity contribution in [2.75, 3.05) is 38.0 Å². The lowest BCUT2D eigenvalue weighted by atomic mass is 9.91. The number of Topliss-reactive ketones (excluding diaryl/α,β-unsaturated/α-hetero) is 1. The van der Waals surface area contributed by atoms with Gasteiger partial charge in [-0.15, -0.1) is 0 Å². The number of hydrogen-bond acceptors (Lipinski definition) is 4. The van der Waals surface area contributed by atoms with E-state index in [9.17, 15) is 4.79 Å². The zero-order valence-electron chi connectivity index (χ0n) is 15.7. The van der Waals surface area contributed by atoms with Crippen molar-refractivity contribution < 1.29 is 4.79 Å². The van der Waals surface area contributed by atoms with E-state index in [0.717, 1.165) is 49.0 Å². The predicted octanol–water partition coefficient (Wildman–Crippen LogP) is 3.62. The number of nitrogens with one attached hydrogen (secondary N) is 1. The molecule has 142 valence electrons. The van der Waals surface area contributed by atoms with Crippen LogP contribution in [0.5, 0.6) is 0 Å². The second-order valence-electron chi connectivity index (χ2n) is 7.64. The lowest BCUT2D eigenvalue weighted by Gasteiger charge is -2.35. The Morgan fingerprint density at radius 1 is 1.04 bits per heavy atom. The summed E-state index contributed by atoms with van der Waals surface area (Å²) in [7, 11) is 0. The maximum Gasteiger partial charge on any atom is 0.156 e. The highest BCUT2D eigenvalue weighted by Crippen LogP contribution is 2.36. The lowest BCUT2D eigenvalue weighted by Crippen LogP contribution is -2.48. The second kappa shape index (κ2) is 8.01. The topological polar surface area (TPSA) is 35.6 Å². The summed E-state index contributed by atoms with van der Waals surface area (Å²) >= 11 is 5.96. The predicted molar refractivity (Wildman–Crippen MR) is 110 cm³/mol. The van der Waals surface area contributed by atoms with Gasteiger partial charge >= 0.3 is 0 Å². The number of rotatable bonds is 5. The van der Waals surface area contributed by atoms with Gasteiger partial charge in [-0.1, -0.05) is 41.9 Å². The number of ketones is 1. The molecule has 2 unspecified atom stereocenters. The Kier molecular flexibility index (Phi) is 5.48. The number of hydrogen-bond donors (Lipinski definition) is 1. The molecule has 1 N–H and O–H groups in total. The Morgan fingerprint density at radius 2 is 1.70 bits per heavy atom. The largest absolute Gasteiger partial charge is 0.381 e. The van der Waals surface area contributed by atoms with Gasteiger partial charge in [-0.05, 0) is 36.2 Å². The Balaban J connectivity index is 1.30. The summed E-state index contributed by atoms with van der Waals surface area (Å²) < 4.78 is 0. The van der Waals surface area contributed by atoms with Gasteiger partial charge in [0.05, 0.1) is 12.5 Å². The molecule has 2 atom stereocenters. The van der Waals surface area contributed by atoms with E-state index in [0.29, 0.717) is 12.3 Å². The van der Waals surface area contributed by atoms with Crippen molar-refractivity contribution in [2.45, 2.75) is 25.4 Å². The van der Waals surface area contributed by atoms with Gasteiger partial charge in [0.1, 0.15) is 0 Å². The first-order valence-corrected chi connectivity index (χ1v) is 10.1. The maximum absolute atomic E-state index is 13.0. The Morgan fingerprint density at radius 3 is 2.44 bits per heavy atom. The van der Waals surface area contributed by atoms with E-state index in [-0.39, 0.29) is 12.0 Å². The average molecular weight is 384 g/mol. The Labute approximate surface area is 166 Å². The minimum absolute atomic E-state index is 0.0340. The summed E-state index contributed by atoms with van der Waals surface area (Å²) in [5.74, 6) is 0.291. The van der Waals surface area contributed by atoms with Crippen molar-refractivity contribution in [1.29, 1.82) is 0 Å². The average Bonchev–Trinajstić information content (AvgIpc) is 3.01. The van der Waals surface area contributed by atoms with E-state index in [4.69, 9.17) is 11.6 Å². The minimum Gasteiger partial charge on any atom is -0.381 e. The summed E-state index contributed by atoms with van der Waals surface area (Å²) in [5.41, 5.74) is 3.54. The molecule has 0 amide bonds. The number of piperazine rings is 1. The van der Waals surface area contributed by atoms with E-state index in [1.165, 1.54) is 5.56 Å². The maximum atomic E-state index is 13.0. The molecular formula is C22H26ClN3O. The van der Waals surface area contributed by atoms with Crippen LogP contribution >= 0.6 is 11.6 Å². The molecule has 2 aliphatic heterocycles.